The molecule has 0 aliphatic heterocycles. The molecule has 90 valence electrons. The van der Waals surface area contributed by atoms with E-state index in [-0.39, 0.29) is 0 Å². The van der Waals surface area contributed by atoms with Crippen molar-refractivity contribution < 1.29 is 0 Å². The number of nitrogens with zero attached hydrogens (tertiary/aromatic N) is 1. The van der Waals surface area contributed by atoms with Gasteiger partial charge in [0.15, 0.2) is 0 Å². The third-order valence-corrected chi connectivity index (χ3v) is 3.97. The SMILES string of the molecule is Cc1nc(CNCc2ccc(Br)cc2Cl)cs1. The number of thiazole rings is 1. The zero-order valence-electron chi connectivity index (χ0n) is 9.34. The lowest BCUT2D eigenvalue weighted by molar-refractivity contribution is 0.682. The second-order valence-corrected chi connectivity index (χ2v) is 6.08. The quantitative estimate of drug-likeness (QED) is 0.910. The summed E-state index contributed by atoms with van der Waals surface area (Å²) in [5, 5.41) is 7.29. The summed E-state index contributed by atoms with van der Waals surface area (Å²) in [5.74, 6) is 0. The molecule has 5 heteroatoms. The van der Waals surface area contributed by atoms with E-state index in [2.05, 4.69) is 31.6 Å². The monoisotopic (exact) mass is 330 g/mol. The Morgan fingerprint density at radius 1 is 1.41 bits per heavy atom. The van der Waals surface area contributed by atoms with Gasteiger partial charge in [0.05, 0.1) is 10.7 Å². The molecule has 0 saturated carbocycles. The van der Waals surface area contributed by atoms with Crippen molar-refractivity contribution in [2.75, 3.05) is 0 Å². The first-order valence-corrected chi connectivity index (χ1v) is 7.26. The largest absolute Gasteiger partial charge is 0.307 e. The van der Waals surface area contributed by atoms with Crippen molar-refractivity contribution in [1.29, 1.82) is 0 Å². The number of hydrogen-bond donors (Lipinski definition) is 1. The highest BCUT2D eigenvalue weighted by Gasteiger charge is 2.02. The van der Waals surface area contributed by atoms with Gasteiger partial charge >= 0.3 is 0 Å². The van der Waals surface area contributed by atoms with E-state index in [0.717, 1.165) is 38.8 Å². The lowest BCUT2D eigenvalue weighted by atomic mass is 10.2. The molecule has 2 rings (SSSR count). The number of rotatable bonds is 4. The summed E-state index contributed by atoms with van der Waals surface area (Å²) in [6.45, 7) is 3.54. The first-order valence-electron chi connectivity index (χ1n) is 5.21. The maximum Gasteiger partial charge on any atom is 0.0897 e. The molecular formula is C12H12BrClN2S. The molecule has 1 heterocycles. The Morgan fingerprint density at radius 3 is 2.88 bits per heavy atom. The number of benzene rings is 1. The van der Waals surface area contributed by atoms with E-state index >= 15 is 0 Å². The van der Waals surface area contributed by atoms with E-state index in [1.54, 1.807) is 11.3 Å². The van der Waals surface area contributed by atoms with Crippen molar-refractivity contribution in [3.8, 4) is 0 Å². The van der Waals surface area contributed by atoms with Gasteiger partial charge in [-0.2, -0.15) is 0 Å². The van der Waals surface area contributed by atoms with Crippen LogP contribution in [0.3, 0.4) is 0 Å². The lowest BCUT2D eigenvalue weighted by Gasteiger charge is -2.05. The molecule has 0 radical (unpaired) electrons. The van der Waals surface area contributed by atoms with Gasteiger partial charge in [-0.3, -0.25) is 0 Å². The Hall–Kier alpha value is -0.420. The number of aromatic nitrogens is 1. The van der Waals surface area contributed by atoms with Gasteiger partial charge in [0.25, 0.3) is 0 Å². The summed E-state index contributed by atoms with van der Waals surface area (Å²) < 4.78 is 1.00. The Kier molecular flexibility index (Phi) is 4.56. The Labute approximate surface area is 118 Å². The van der Waals surface area contributed by atoms with Crippen LogP contribution in [0.15, 0.2) is 28.1 Å². The summed E-state index contributed by atoms with van der Waals surface area (Å²) >= 11 is 11.2. The van der Waals surface area contributed by atoms with Crippen molar-refractivity contribution in [2.24, 2.45) is 0 Å². The lowest BCUT2D eigenvalue weighted by Crippen LogP contribution is -2.13. The average Bonchev–Trinajstić information content (AvgIpc) is 2.68. The van der Waals surface area contributed by atoms with Gasteiger partial charge in [0.2, 0.25) is 0 Å². The number of nitrogens with one attached hydrogen (secondary N) is 1. The minimum atomic E-state index is 0.753. The first kappa shape index (κ1) is 13.0. The molecule has 0 fully saturated rings. The maximum atomic E-state index is 6.13. The first-order chi connectivity index (χ1) is 8.15. The van der Waals surface area contributed by atoms with E-state index in [1.807, 2.05) is 25.1 Å². The summed E-state index contributed by atoms with van der Waals surface area (Å²) in [7, 11) is 0. The van der Waals surface area contributed by atoms with Crippen LogP contribution in [0.1, 0.15) is 16.3 Å². The molecule has 0 aliphatic carbocycles. The molecule has 17 heavy (non-hydrogen) atoms. The predicted octanol–water partition coefficient (Wildman–Crippen LogP) is 4.16. The van der Waals surface area contributed by atoms with Gasteiger partial charge in [0, 0.05) is 28.0 Å². The molecule has 0 saturated heterocycles. The highest BCUT2D eigenvalue weighted by molar-refractivity contribution is 9.10. The summed E-state index contributed by atoms with van der Waals surface area (Å²) in [4.78, 5) is 4.39. The summed E-state index contributed by atoms with van der Waals surface area (Å²) in [5.41, 5.74) is 2.18. The van der Waals surface area contributed by atoms with Gasteiger partial charge in [0.1, 0.15) is 0 Å². The van der Waals surface area contributed by atoms with Crippen LogP contribution in [-0.4, -0.2) is 4.98 Å². The van der Waals surface area contributed by atoms with Crippen LogP contribution < -0.4 is 5.32 Å². The molecule has 1 aromatic carbocycles. The minimum absolute atomic E-state index is 0.753. The van der Waals surface area contributed by atoms with E-state index in [1.165, 1.54) is 0 Å². The number of halogens is 2. The standard InChI is InChI=1S/C12H12BrClN2S/c1-8-16-11(7-17-8)6-15-5-9-2-3-10(13)4-12(9)14/h2-4,7,15H,5-6H2,1H3. The highest BCUT2D eigenvalue weighted by atomic mass is 79.9. The second kappa shape index (κ2) is 5.96. The van der Waals surface area contributed by atoms with E-state index in [0.29, 0.717) is 0 Å². The van der Waals surface area contributed by atoms with E-state index < -0.39 is 0 Å². The average molecular weight is 332 g/mol. The maximum absolute atomic E-state index is 6.13. The van der Waals surface area contributed by atoms with Crippen molar-refractivity contribution in [2.45, 2.75) is 20.0 Å². The molecule has 2 aromatic rings. The number of hydrogen-bond acceptors (Lipinski definition) is 3. The summed E-state index contributed by atoms with van der Waals surface area (Å²) in [6.07, 6.45) is 0. The summed E-state index contributed by atoms with van der Waals surface area (Å²) in [6, 6.07) is 5.92. The van der Waals surface area contributed by atoms with Crippen LogP contribution in [0.25, 0.3) is 0 Å². The molecule has 0 spiro atoms. The highest BCUT2D eigenvalue weighted by Crippen LogP contribution is 2.21. The van der Waals surface area contributed by atoms with Crippen LogP contribution >= 0.6 is 38.9 Å². The molecule has 0 unspecified atom stereocenters. The van der Waals surface area contributed by atoms with Crippen LogP contribution in [0.4, 0.5) is 0 Å². The van der Waals surface area contributed by atoms with Gasteiger partial charge in [-0.15, -0.1) is 11.3 Å². The van der Waals surface area contributed by atoms with Gasteiger partial charge in [-0.1, -0.05) is 33.6 Å². The zero-order valence-corrected chi connectivity index (χ0v) is 12.5. The van der Waals surface area contributed by atoms with Crippen LogP contribution in [0.2, 0.25) is 5.02 Å². The molecule has 2 nitrogen and oxygen atoms in total. The fourth-order valence-corrected chi connectivity index (χ4v) is 2.83. The number of aryl methyl sites for hydroxylation is 1. The van der Waals surface area contributed by atoms with Gasteiger partial charge < -0.3 is 5.32 Å². The molecule has 0 atom stereocenters. The molecule has 0 bridgehead atoms. The van der Waals surface area contributed by atoms with Gasteiger partial charge in [-0.25, -0.2) is 4.98 Å². The fourth-order valence-electron chi connectivity index (χ4n) is 1.48. The third kappa shape index (κ3) is 3.78. The van der Waals surface area contributed by atoms with Gasteiger partial charge in [-0.05, 0) is 24.6 Å². The minimum Gasteiger partial charge on any atom is -0.307 e. The van der Waals surface area contributed by atoms with E-state index in [4.69, 9.17) is 11.6 Å². The van der Waals surface area contributed by atoms with Crippen LogP contribution in [0.5, 0.6) is 0 Å². The Balaban J connectivity index is 1.90. The van der Waals surface area contributed by atoms with Crippen LogP contribution in [-0.2, 0) is 13.1 Å². The van der Waals surface area contributed by atoms with Crippen LogP contribution in [0, 0.1) is 6.92 Å². The van der Waals surface area contributed by atoms with Crippen molar-refractivity contribution in [1.82, 2.24) is 10.3 Å². The molecule has 0 amide bonds. The zero-order chi connectivity index (χ0) is 12.3. The topological polar surface area (TPSA) is 24.9 Å². The molecule has 0 aliphatic rings. The van der Waals surface area contributed by atoms with E-state index in [9.17, 15) is 0 Å². The second-order valence-electron chi connectivity index (χ2n) is 3.70. The third-order valence-electron chi connectivity index (χ3n) is 2.30. The fraction of sp³-hybridized carbons (Fsp3) is 0.250. The van der Waals surface area contributed by atoms with Crippen molar-refractivity contribution >= 4 is 38.9 Å². The predicted molar refractivity (Wildman–Crippen MR) is 76.5 cm³/mol. The molecule has 1 N–H and O–H groups in total. The molecule has 1 aromatic heterocycles. The van der Waals surface area contributed by atoms with Crippen molar-refractivity contribution in [3.63, 3.8) is 0 Å². The molecular weight excluding hydrogens is 320 g/mol. The normalized spacial score (nSPS) is 10.8. The Morgan fingerprint density at radius 2 is 2.24 bits per heavy atom. The Bertz CT molecular complexity index is 513. The van der Waals surface area contributed by atoms with Crippen molar-refractivity contribution in [3.05, 3.63) is 49.3 Å². The smallest absolute Gasteiger partial charge is 0.0897 e.